The molecule has 2 aromatic heterocycles. The number of nitrogens with one attached hydrogen (secondary N) is 1. The summed E-state index contributed by atoms with van der Waals surface area (Å²) in [6.07, 6.45) is 7.91. The number of amides is 1. The van der Waals surface area contributed by atoms with Crippen molar-refractivity contribution >= 4 is 11.6 Å². The Hall–Kier alpha value is -2.21. The van der Waals surface area contributed by atoms with Gasteiger partial charge in [-0.15, -0.1) is 0 Å². The van der Waals surface area contributed by atoms with E-state index < -0.39 is 5.41 Å². The molecular formula is C14H17N5O. The zero-order chi connectivity index (χ0) is 14.0. The maximum absolute atomic E-state index is 12.4. The van der Waals surface area contributed by atoms with Crippen LogP contribution in [0.1, 0.15) is 19.3 Å². The predicted molar refractivity (Wildman–Crippen MR) is 75.3 cm³/mol. The van der Waals surface area contributed by atoms with Crippen molar-refractivity contribution in [1.29, 1.82) is 0 Å². The number of carbonyl (C=O) groups excluding carboxylic acids is 1. The molecule has 1 fully saturated rings. The quantitative estimate of drug-likeness (QED) is 0.878. The summed E-state index contributed by atoms with van der Waals surface area (Å²) in [7, 11) is 0. The van der Waals surface area contributed by atoms with Gasteiger partial charge in [-0.1, -0.05) is 6.42 Å². The number of hydrogen-bond acceptors (Lipinski definition) is 4. The average molecular weight is 271 g/mol. The Bertz CT molecular complexity index is 598. The monoisotopic (exact) mass is 271 g/mol. The lowest BCUT2D eigenvalue weighted by molar-refractivity contribution is -0.129. The number of anilines is 1. The Morgan fingerprint density at radius 2 is 2.25 bits per heavy atom. The molecule has 6 heteroatoms. The minimum absolute atomic E-state index is 0.0207. The molecule has 3 rings (SSSR count). The van der Waals surface area contributed by atoms with Gasteiger partial charge in [-0.05, 0) is 31.0 Å². The van der Waals surface area contributed by atoms with Crippen LogP contribution in [0, 0.1) is 5.41 Å². The number of hydrogen-bond donors (Lipinski definition) is 2. The van der Waals surface area contributed by atoms with Crippen LogP contribution < -0.4 is 11.1 Å². The minimum atomic E-state index is -0.406. The summed E-state index contributed by atoms with van der Waals surface area (Å²) in [5, 5.41) is 7.10. The predicted octanol–water partition coefficient (Wildman–Crippen LogP) is 1.33. The van der Waals surface area contributed by atoms with Crippen molar-refractivity contribution in [3.05, 3.63) is 36.8 Å². The van der Waals surface area contributed by atoms with Crippen LogP contribution in [-0.4, -0.2) is 27.2 Å². The lowest BCUT2D eigenvalue weighted by atomic mass is 9.68. The third-order valence-corrected chi connectivity index (χ3v) is 3.94. The molecule has 2 aromatic rings. The smallest absolute Gasteiger partial charge is 0.231 e. The van der Waals surface area contributed by atoms with Gasteiger partial charge in [0.2, 0.25) is 5.91 Å². The molecule has 1 amide bonds. The molecule has 20 heavy (non-hydrogen) atoms. The SMILES string of the molecule is NCC1(C(=O)Nc2cccnc2-n2cccn2)CCC1. The van der Waals surface area contributed by atoms with Crippen LogP contribution >= 0.6 is 0 Å². The van der Waals surface area contributed by atoms with Crippen molar-refractivity contribution in [3.8, 4) is 5.82 Å². The number of nitrogens with two attached hydrogens (primary N) is 1. The van der Waals surface area contributed by atoms with Gasteiger partial charge in [-0.3, -0.25) is 4.79 Å². The lowest BCUT2D eigenvalue weighted by Gasteiger charge is -2.39. The van der Waals surface area contributed by atoms with Crippen molar-refractivity contribution < 1.29 is 4.79 Å². The second-order valence-electron chi connectivity index (χ2n) is 5.12. The van der Waals surface area contributed by atoms with Crippen LogP contribution in [0.5, 0.6) is 0 Å². The van der Waals surface area contributed by atoms with E-state index in [4.69, 9.17) is 5.73 Å². The summed E-state index contributed by atoms with van der Waals surface area (Å²) < 4.78 is 1.63. The summed E-state index contributed by atoms with van der Waals surface area (Å²) in [5.74, 6) is 0.588. The third kappa shape index (κ3) is 2.08. The summed E-state index contributed by atoms with van der Waals surface area (Å²) in [6, 6.07) is 5.43. The second-order valence-corrected chi connectivity index (χ2v) is 5.12. The molecule has 3 N–H and O–H groups in total. The highest BCUT2D eigenvalue weighted by Crippen LogP contribution is 2.41. The molecule has 0 aliphatic heterocycles. The Labute approximate surface area is 117 Å². The average Bonchev–Trinajstić information content (AvgIpc) is 2.92. The van der Waals surface area contributed by atoms with Crippen LogP contribution in [0.3, 0.4) is 0 Å². The lowest BCUT2D eigenvalue weighted by Crippen LogP contribution is -2.47. The molecular weight excluding hydrogens is 254 g/mol. The van der Waals surface area contributed by atoms with E-state index in [1.807, 2.05) is 12.1 Å². The molecule has 1 saturated carbocycles. The van der Waals surface area contributed by atoms with Crippen LogP contribution in [0.4, 0.5) is 5.69 Å². The third-order valence-electron chi connectivity index (χ3n) is 3.94. The zero-order valence-corrected chi connectivity index (χ0v) is 11.1. The van der Waals surface area contributed by atoms with Gasteiger partial charge in [0.1, 0.15) is 0 Å². The number of aromatic nitrogens is 3. The summed E-state index contributed by atoms with van der Waals surface area (Å²) in [5.41, 5.74) is 6.01. The first-order valence-corrected chi connectivity index (χ1v) is 6.72. The Kier molecular flexibility index (Phi) is 3.23. The van der Waals surface area contributed by atoms with Gasteiger partial charge in [-0.2, -0.15) is 5.10 Å². The molecule has 0 radical (unpaired) electrons. The summed E-state index contributed by atoms with van der Waals surface area (Å²) >= 11 is 0. The highest BCUT2D eigenvalue weighted by molar-refractivity contribution is 5.97. The van der Waals surface area contributed by atoms with Crippen molar-refractivity contribution in [2.45, 2.75) is 19.3 Å². The van der Waals surface area contributed by atoms with Gasteiger partial charge in [0.25, 0.3) is 0 Å². The van der Waals surface area contributed by atoms with E-state index in [0.29, 0.717) is 18.1 Å². The fourth-order valence-corrected chi connectivity index (χ4v) is 2.45. The highest BCUT2D eigenvalue weighted by atomic mass is 16.2. The van der Waals surface area contributed by atoms with Gasteiger partial charge in [0, 0.05) is 25.1 Å². The molecule has 6 nitrogen and oxygen atoms in total. The molecule has 1 aliphatic rings. The topological polar surface area (TPSA) is 85.8 Å². The van der Waals surface area contributed by atoms with Gasteiger partial charge in [-0.25, -0.2) is 9.67 Å². The first kappa shape index (κ1) is 12.8. The first-order chi connectivity index (χ1) is 9.75. The first-order valence-electron chi connectivity index (χ1n) is 6.72. The van der Waals surface area contributed by atoms with Gasteiger partial charge < -0.3 is 11.1 Å². The maximum atomic E-state index is 12.4. The van der Waals surface area contributed by atoms with E-state index in [0.717, 1.165) is 19.3 Å². The van der Waals surface area contributed by atoms with Crippen LogP contribution in [0.2, 0.25) is 0 Å². The molecule has 104 valence electrons. The molecule has 1 aliphatic carbocycles. The fraction of sp³-hybridized carbons (Fsp3) is 0.357. The van der Waals surface area contributed by atoms with E-state index in [1.165, 1.54) is 0 Å². The molecule has 0 atom stereocenters. The van der Waals surface area contributed by atoms with Crippen molar-refractivity contribution in [2.75, 3.05) is 11.9 Å². The molecule has 2 heterocycles. The zero-order valence-electron chi connectivity index (χ0n) is 11.1. The standard InChI is InChI=1S/C14H17N5O/c15-10-14(5-2-6-14)13(20)18-11-4-1-7-16-12(11)19-9-3-8-17-19/h1,3-4,7-9H,2,5-6,10,15H2,(H,18,20). The van der Waals surface area contributed by atoms with Crippen LogP contribution in [-0.2, 0) is 4.79 Å². The van der Waals surface area contributed by atoms with Crippen LogP contribution in [0.15, 0.2) is 36.8 Å². The number of pyridine rings is 1. The van der Waals surface area contributed by atoms with E-state index in [1.54, 1.807) is 29.3 Å². The van der Waals surface area contributed by atoms with Gasteiger partial charge in [0.05, 0.1) is 11.1 Å². The minimum Gasteiger partial charge on any atom is -0.329 e. The highest BCUT2D eigenvalue weighted by Gasteiger charge is 2.43. The van der Waals surface area contributed by atoms with E-state index in [9.17, 15) is 4.79 Å². The van der Waals surface area contributed by atoms with E-state index in [-0.39, 0.29) is 5.91 Å². The Morgan fingerprint density at radius 1 is 1.40 bits per heavy atom. The fourth-order valence-electron chi connectivity index (χ4n) is 2.45. The van der Waals surface area contributed by atoms with Crippen molar-refractivity contribution in [1.82, 2.24) is 14.8 Å². The molecule has 0 saturated heterocycles. The normalized spacial score (nSPS) is 16.4. The largest absolute Gasteiger partial charge is 0.329 e. The van der Waals surface area contributed by atoms with Crippen LogP contribution in [0.25, 0.3) is 5.82 Å². The van der Waals surface area contributed by atoms with Gasteiger partial charge >= 0.3 is 0 Å². The van der Waals surface area contributed by atoms with Gasteiger partial charge in [0.15, 0.2) is 5.82 Å². The Balaban J connectivity index is 1.86. The number of rotatable bonds is 4. The number of nitrogens with zero attached hydrogens (tertiary/aromatic N) is 3. The van der Waals surface area contributed by atoms with Crippen molar-refractivity contribution in [3.63, 3.8) is 0 Å². The summed E-state index contributed by atoms with van der Waals surface area (Å²) in [4.78, 5) is 16.7. The molecule has 0 aromatic carbocycles. The second kappa shape index (κ2) is 5.05. The van der Waals surface area contributed by atoms with E-state index >= 15 is 0 Å². The maximum Gasteiger partial charge on any atom is 0.231 e. The summed E-state index contributed by atoms with van der Waals surface area (Å²) in [6.45, 7) is 0.385. The Morgan fingerprint density at radius 3 is 2.85 bits per heavy atom. The van der Waals surface area contributed by atoms with Crippen molar-refractivity contribution in [2.24, 2.45) is 11.1 Å². The van der Waals surface area contributed by atoms with E-state index in [2.05, 4.69) is 15.4 Å². The molecule has 0 bridgehead atoms. The molecule has 0 spiro atoms. The number of carbonyl (C=O) groups is 1. The molecule has 0 unspecified atom stereocenters.